The van der Waals surface area contributed by atoms with Crippen molar-refractivity contribution in [2.75, 3.05) is 9.80 Å². The van der Waals surface area contributed by atoms with Crippen molar-refractivity contribution >= 4 is 32.9 Å². The van der Waals surface area contributed by atoms with Gasteiger partial charge in [-0.1, -0.05) is 106 Å². The van der Waals surface area contributed by atoms with Gasteiger partial charge in [0.05, 0.1) is 9.75 Å². The van der Waals surface area contributed by atoms with Gasteiger partial charge in [0.1, 0.15) is 0 Å². The third-order valence-corrected chi connectivity index (χ3v) is 13.7. The van der Waals surface area contributed by atoms with E-state index < -0.39 is 0 Å². The second kappa shape index (κ2) is 13.0. The molecular weight excluding hydrogens is 529 g/mol. The number of thiazole rings is 2. The number of hydrogen-bond donors (Lipinski definition) is 0. The van der Waals surface area contributed by atoms with Crippen molar-refractivity contribution < 1.29 is 0 Å². The molecule has 7 rings (SSSR count). The SMILES string of the molecule is c1nc(N(C2CCCCC2)C2CCCCC2)sc1-c1cnc(N(C2CCCCC2)C2CCC3CCCCC3C2)s1. The molecule has 2 heterocycles. The summed E-state index contributed by atoms with van der Waals surface area (Å²) >= 11 is 3.93. The largest absolute Gasteiger partial charge is 0.342 e. The van der Waals surface area contributed by atoms with Gasteiger partial charge in [0.15, 0.2) is 10.3 Å². The minimum absolute atomic E-state index is 0.697. The van der Waals surface area contributed by atoms with Gasteiger partial charge in [-0.15, -0.1) is 0 Å². The highest BCUT2D eigenvalue weighted by Crippen LogP contribution is 2.46. The summed E-state index contributed by atoms with van der Waals surface area (Å²) in [6.45, 7) is 0. The molecule has 0 saturated heterocycles. The maximum atomic E-state index is 5.19. The molecule has 220 valence electrons. The van der Waals surface area contributed by atoms with Crippen LogP contribution >= 0.6 is 22.7 Å². The topological polar surface area (TPSA) is 32.3 Å². The molecule has 0 aromatic carbocycles. The van der Waals surface area contributed by atoms with E-state index in [-0.39, 0.29) is 0 Å². The first-order valence-corrected chi connectivity index (χ1v) is 19.0. The summed E-state index contributed by atoms with van der Waals surface area (Å²) in [7, 11) is 0. The molecule has 4 nitrogen and oxygen atoms in total. The van der Waals surface area contributed by atoms with Gasteiger partial charge in [0, 0.05) is 36.6 Å². The Morgan fingerprint density at radius 2 is 0.875 bits per heavy atom. The van der Waals surface area contributed by atoms with E-state index in [2.05, 4.69) is 22.2 Å². The second-order valence-electron chi connectivity index (χ2n) is 14.0. The summed E-state index contributed by atoms with van der Waals surface area (Å²) in [5.74, 6) is 1.98. The Bertz CT molecular complexity index is 1040. The smallest absolute Gasteiger partial charge is 0.186 e. The van der Waals surface area contributed by atoms with Crippen LogP contribution in [-0.4, -0.2) is 34.1 Å². The molecule has 0 radical (unpaired) electrons. The lowest BCUT2D eigenvalue weighted by Crippen LogP contribution is -2.48. The zero-order valence-corrected chi connectivity index (χ0v) is 26.4. The van der Waals surface area contributed by atoms with Gasteiger partial charge in [-0.25, -0.2) is 9.97 Å². The molecule has 0 bridgehead atoms. The van der Waals surface area contributed by atoms with Crippen molar-refractivity contribution in [1.82, 2.24) is 9.97 Å². The van der Waals surface area contributed by atoms with Gasteiger partial charge in [-0.3, -0.25) is 0 Å². The standard InChI is InChI=1S/C34H52N4S2/c1-4-14-27(15-5-1)37(28-16-6-2-7-17-28)33-35-23-31(39-33)32-24-36-34(40-32)38(29-18-8-3-9-19-29)30-21-20-25-12-10-11-13-26(25)22-30/h23-30H,1-22H2. The molecule has 5 fully saturated rings. The van der Waals surface area contributed by atoms with Crippen molar-refractivity contribution in [3.8, 4) is 9.75 Å². The summed E-state index contributed by atoms with van der Waals surface area (Å²) in [4.78, 5) is 18.7. The Morgan fingerprint density at radius 1 is 0.450 bits per heavy atom. The number of rotatable bonds is 7. The normalized spacial score (nSPS) is 29.2. The van der Waals surface area contributed by atoms with Crippen LogP contribution in [0.2, 0.25) is 0 Å². The fraction of sp³-hybridized carbons (Fsp3) is 0.824. The lowest BCUT2D eigenvalue weighted by molar-refractivity contribution is 0.148. The Morgan fingerprint density at radius 3 is 1.38 bits per heavy atom. The summed E-state index contributed by atoms with van der Waals surface area (Å²) in [6, 6.07) is 2.80. The van der Waals surface area contributed by atoms with E-state index in [1.54, 1.807) is 0 Å². The van der Waals surface area contributed by atoms with Crippen LogP contribution in [0, 0.1) is 11.8 Å². The van der Waals surface area contributed by atoms with Gasteiger partial charge in [0.2, 0.25) is 0 Å². The summed E-state index contributed by atoms with van der Waals surface area (Å²) < 4.78 is 0. The van der Waals surface area contributed by atoms with Gasteiger partial charge < -0.3 is 9.80 Å². The average Bonchev–Trinajstić information content (AvgIpc) is 3.70. The van der Waals surface area contributed by atoms with E-state index in [1.807, 2.05) is 22.7 Å². The van der Waals surface area contributed by atoms with E-state index in [0.29, 0.717) is 24.2 Å². The number of hydrogen-bond acceptors (Lipinski definition) is 6. The van der Waals surface area contributed by atoms with Gasteiger partial charge >= 0.3 is 0 Å². The first-order valence-electron chi connectivity index (χ1n) is 17.3. The lowest BCUT2D eigenvalue weighted by atomic mass is 9.69. The molecular formula is C34H52N4S2. The van der Waals surface area contributed by atoms with Crippen LogP contribution in [0.15, 0.2) is 12.4 Å². The van der Waals surface area contributed by atoms with E-state index >= 15 is 0 Å². The molecule has 0 aliphatic heterocycles. The third kappa shape index (κ3) is 6.00. The molecule has 0 amide bonds. The highest BCUT2D eigenvalue weighted by atomic mass is 32.1. The maximum absolute atomic E-state index is 5.19. The number of aromatic nitrogens is 2. The van der Waals surface area contributed by atoms with Gasteiger partial charge in [0.25, 0.3) is 0 Å². The molecule has 5 aliphatic rings. The molecule has 3 unspecified atom stereocenters. The van der Waals surface area contributed by atoms with Crippen LogP contribution in [-0.2, 0) is 0 Å². The Hall–Kier alpha value is -1.14. The highest BCUT2D eigenvalue weighted by Gasteiger charge is 2.38. The third-order valence-electron chi connectivity index (χ3n) is 11.5. The second-order valence-corrected chi connectivity index (χ2v) is 16.0. The molecule has 5 saturated carbocycles. The van der Waals surface area contributed by atoms with E-state index in [9.17, 15) is 0 Å². The van der Waals surface area contributed by atoms with Gasteiger partial charge in [-0.2, -0.15) is 0 Å². The van der Waals surface area contributed by atoms with E-state index in [4.69, 9.17) is 9.97 Å². The Labute approximate surface area is 251 Å². The fourth-order valence-corrected chi connectivity index (χ4v) is 11.6. The summed E-state index contributed by atoms with van der Waals surface area (Å²) in [5.41, 5.74) is 0. The zero-order valence-electron chi connectivity index (χ0n) is 24.8. The fourth-order valence-electron chi connectivity index (χ4n) is 9.40. The molecule has 5 aliphatic carbocycles. The summed E-state index contributed by atoms with van der Waals surface area (Å²) in [5, 5.41) is 2.61. The van der Waals surface area contributed by atoms with Crippen molar-refractivity contribution in [2.45, 2.75) is 165 Å². The molecule has 6 heteroatoms. The van der Waals surface area contributed by atoms with Crippen LogP contribution in [0.1, 0.15) is 141 Å². The molecule has 3 atom stereocenters. The Kier molecular flexibility index (Phi) is 9.01. The average molecular weight is 581 g/mol. The quantitative estimate of drug-likeness (QED) is 0.326. The van der Waals surface area contributed by atoms with Crippen molar-refractivity contribution in [3.05, 3.63) is 12.4 Å². The summed E-state index contributed by atoms with van der Waals surface area (Å²) in [6.07, 6.45) is 35.3. The number of fused-ring (bicyclic) bond motifs is 1. The van der Waals surface area contributed by atoms with Gasteiger partial charge in [-0.05, 0) is 69.6 Å². The van der Waals surface area contributed by atoms with Crippen molar-refractivity contribution in [1.29, 1.82) is 0 Å². The van der Waals surface area contributed by atoms with Crippen LogP contribution in [0.5, 0.6) is 0 Å². The lowest BCUT2D eigenvalue weighted by Gasteiger charge is -2.46. The van der Waals surface area contributed by atoms with Crippen molar-refractivity contribution in [3.63, 3.8) is 0 Å². The maximum Gasteiger partial charge on any atom is 0.186 e. The predicted octanol–water partition coefficient (Wildman–Crippen LogP) is 10.2. The molecule has 40 heavy (non-hydrogen) atoms. The van der Waals surface area contributed by atoms with Crippen LogP contribution in [0.25, 0.3) is 9.75 Å². The molecule has 2 aromatic rings. The number of anilines is 2. The molecule has 0 spiro atoms. The highest BCUT2D eigenvalue weighted by molar-refractivity contribution is 7.25. The predicted molar refractivity (Wildman–Crippen MR) is 172 cm³/mol. The van der Waals surface area contributed by atoms with Crippen molar-refractivity contribution in [2.24, 2.45) is 11.8 Å². The first-order chi connectivity index (χ1) is 19.8. The monoisotopic (exact) mass is 580 g/mol. The van der Waals surface area contributed by atoms with E-state index in [1.165, 1.54) is 161 Å². The van der Waals surface area contributed by atoms with E-state index in [0.717, 1.165) is 11.8 Å². The molecule has 0 N–H and O–H groups in total. The first kappa shape index (κ1) is 27.7. The minimum Gasteiger partial charge on any atom is -0.342 e. The number of nitrogens with zero attached hydrogens (tertiary/aromatic N) is 4. The van der Waals surface area contributed by atoms with Crippen LogP contribution in [0.3, 0.4) is 0 Å². The Balaban J connectivity index is 1.13. The minimum atomic E-state index is 0.697. The van der Waals surface area contributed by atoms with Crippen LogP contribution in [0.4, 0.5) is 10.3 Å². The van der Waals surface area contributed by atoms with Crippen LogP contribution < -0.4 is 9.80 Å². The molecule has 2 aromatic heterocycles. The zero-order chi connectivity index (χ0) is 26.7.